The van der Waals surface area contributed by atoms with E-state index in [-0.39, 0.29) is 5.28 Å². The van der Waals surface area contributed by atoms with E-state index in [9.17, 15) is 0 Å². The maximum Gasteiger partial charge on any atom is 0.226 e. The van der Waals surface area contributed by atoms with Crippen LogP contribution in [0.15, 0.2) is 30.6 Å². The van der Waals surface area contributed by atoms with Crippen LogP contribution in [0.25, 0.3) is 11.2 Å². The Morgan fingerprint density at radius 1 is 1.28 bits per heavy atom. The molecule has 90 valence electrons. The van der Waals surface area contributed by atoms with Crippen molar-refractivity contribution in [1.29, 1.82) is 0 Å². The zero-order valence-electron chi connectivity index (χ0n) is 8.98. The molecule has 0 aliphatic heterocycles. The maximum atomic E-state index is 5.86. The summed E-state index contributed by atoms with van der Waals surface area (Å²) in [6, 6.07) is 7.96. The summed E-state index contributed by atoms with van der Waals surface area (Å²) in [5, 5.41) is 3.37. The van der Waals surface area contributed by atoms with Crippen molar-refractivity contribution in [1.82, 2.24) is 19.9 Å². The largest absolute Gasteiger partial charge is 0.340 e. The zero-order chi connectivity index (χ0) is 12.5. The Morgan fingerprint density at radius 2 is 2.17 bits per heavy atom. The Morgan fingerprint density at radius 3 is 3.00 bits per heavy atom. The van der Waals surface area contributed by atoms with E-state index in [0.717, 1.165) is 14.8 Å². The van der Waals surface area contributed by atoms with Crippen LogP contribution < -0.4 is 5.32 Å². The van der Waals surface area contributed by atoms with Gasteiger partial charge in [0.2, 0.25) is 5.28 Å². The second-order valence-corrected chi connectivity index (χ2v) is 5.16. The molecule has 0 aliphatic carbocycles. The zero-order valence-corrected chi connectivity index (χ0v) is 11.9. The molecule has 7 heteroatoms. The van der Waals surface area contributed by atoms with Gasteiger partial charge in [0.25, 0.3) is 0 Å². The number of aromatic nitrogens is 4. The minimum Gasteiger partial charge on any atom is -0.340 e. The monoisotopic (exact) mass is 371 g/mol. The van der Waals surface area contributed by atoms with Crippen LogP contribution in [-0.2, 0) is 0 Å². The van der Waals surface area contributed by atoms with Crippen LogP contribution >= 0.6 is 34.2 Å². The summed E-state index contributed by atoms with van der Waals surface area (Å²) in [5.74, 6) is 0.615. The Labute approximate surface area is 121 Å². The van der Waals surface area contributed by atoms with E-state index in [4.69, 9.17) is 11.6 Å². The molecule has 1 aromatic carbocycles. The third-order valence-corrected chi connectivity index (χ3v) is 3.19. The molecule has 18 heavy (non-hydrogen) atoms. The number of imidazole rings is 1. The lowest BCUT2D eigenvalue weighted by atomic mass is 10.3. The number of fused-ring (bicyclic) bond motifs is 1. The molecule has 0 bridgehead atoms. The molecule has 0 saturated carbocycles. The first kappa shape index (κ1) is 11.7. The van der Waals surface area contributed by atoms with Gasteiger partial charge < -0.3 is 10.3 Å². The molecule has 3 aromatic rings. The van der Waals surface area contributed by atoms with Gasteiger partial charge in [0, 0.05) is 9.26 Å². The second-order valence-electron chi connectivity index (χ2n) is 3.58. The first-order chi connectivity index (χ1) is 8.72. The average molecular weight is 372 g/mol. The number of aromatic amines is 1. The normalized spacial score (nSPS) is 10.8. The summed E-state index contributed by atoms with van der Waals surface area (Å²) in [7, 11) is 0. The Balaban J connectivity index is 2.06. The lowest BCUT2D eigenvalue weighted by Crippen LogP contribution is -1.97. The summed E-state index contributed by atoms with van der Waals surface area (Å²) in [4.78, 5) is 15.3. The van der Waals surface area contributed by atoms with Gasteiger partial charge in [-0.25, -0.2) is 4.98 Å². The highest BCUT2D eigenvalue weighted by Gasteiger charge is 2.08. The minimum absolute atomic E-state index is 0.169. The van der Waals surface area contributed by atoms with E-state index in [1.807, 2.05) is 24.3 Å². The van der Waals surface area contributed by atoms with Crippen LogP contribution in [0.2, 0.25) is 5.28 Å². The van der Waals surface area contributed by atoms with Gasteiger partial charge in [-0.05, 0) is 52.4 Å². The fourth-order valence-corrected chi connectivity index (χ4v) is 2.31. The second kappa shape index (κ2) is 4.69. The number of anilines is 2. The summed E-state index contributed by atoms with van der Waals surface area (Å²) >= 11 is 8.11. The number of halogens is 2. The molecular formula is C11H7ClIN5. The first-order valence-corrected chi connectivity index (χ1v) is 6.57. The Hall–Kier alpha value is -1.41. The van der Waals surface area contributed by atoms with Gasteiger partial charge in [0.05, 0.1) is 6.33 Å². The lowest BCUT2D eigenvalue weighted by Gasteiger charge is -2.06. The van der Waals surface area contributed by atoms with Crippen LogP contribution in [0.5, 0.6) is 0 Å². The summed E-state index contributed by atoms with van der Waals surface area (Å²) in [6.45, 7) is 0. The van der Waals surface area contributed by atoms with Gasteiger partial charge in [-0.3, -0.25) is 0 Å². The average Bonchev–Trinajstić information content (AvgIpc) is 2.77. The highest BCUT2D eigenvalue weighted by atomic mass is 127. The van der Waals surface area contributed by atoms with E-state index in [0.29, 0.717) is 11.5 Å². The number of nitrogens with one attached hydrogen (secondary N) is 2. The molecular weight excluding hydrogens is 365 g/mol. The van der Waals surface area contributed by atoms with Crippen LogP contribution in [0, 0.1) is 3.57 Å². The lowest BCUT2D eigenvalue weighted by molar-refractivity contribution is 1.20. The van der Waals surface area contributed by atoms with Gasteiger partial charge in [-0.15, -0.1) is 0 Å². The SMILES string of the molecule is Clc1nc(Nc2cccc(I)c2)c2[nH]cnc2n1. The fraction of sp³-hybridized carbons (Fsp3) is 0. The molecule has 2 aromatic heterocycles. The first-order valence-electron chi connectivity index (χ1n) is 5.11. The molecule has 0 unspecified atom stereocenters. The van der Waals surface area contributed by atoms with Crippen molar-refractivity contribution >= 4 is 56.9 Å². The minimum atomic E-state index is 0.169. The number of H-pyrrole nitrogens is 1. The van der Waals surface area contributed by atoms with Crippen molar-refractivity contribution in [2.24, 2.45) is 0 Å². The van der Waals surface area contributed by atoms with E-state index in [1.54, 1.807) is 6.33 Å². The smallest absolute Gasteiger partial charge is 0.226 e. The van der Waals surface area contributed by atoms with Gasteiger partial charge in [-0.2, -0.15) is 9.97 Å². The fourth-order valence-electron chi connectivity index (χ4n) is 1.60. The molecule has 5 nitrogen and oxygen atoms in total. The molecule has 2 N–H and O–H groups in total. The van der Waals surface area contributed by atoms with E-state index in [1.165, 1.54) is 0 Å². The van der Waals surface area contributed by atoms with Crippen molar-refractivity contribution < 1.29 is 0 Å². The third kappa shape index (κ3) is 2.25. The highest BCUT2D eigenvalue weighted by molar-refractivity contribution is 14.1. The number of rotatable bonds is 2. The summed E-state index contributed by atoms with van der Waals surface area (Å²) in [6.07, 6.45) is 1.57. The van der Waals surface area contributed by atoms with E-state index >= 15 is 0 Å². The van der Waals surface area contributed by atoms with Crippen LogP contribution in [0.1, 0.15) is 0 Å². The molecule has 0 amide bonds. The van der Waals surface area contributed by atoms with Crippen molar-refractivity contribution in [3.8, 4) is 0 Å². The molecule has 3 rings (SSSR count). The predicted molar refractivity (Wildman–Crippen MR) is 79.1 cm³/mol. The Kier molecular flexibility index (Phi) is 3.04. The van der Waals surface area contributed by atoms with Crippen molar-refractivity contribution in [2.75, 3.05) is 5.32 Å². The molecule has 2 heterocycles. The number of benzene rings is 1. The van der Waals surface area contributed by atoms with E-state index < -0.39 is 0 Å². The molecule has 0 radical (unpaired) electrons. The van der Waals surface area contributed by atoms with Crippen molar-refractivity contribution in [2.45, 2.75) is 0 Å². The van der Waals surface area contributed by atoms with Crippen LogP contribution in [0.4, 0.5) is 11.5 Å². The van der Waals surface area contributed by atoms with Gasteiger partial charge >= 0.3 is 0 Å². The Bertz CT molecular complexity index is 711. The van der Waals surface area contributed by atoms with Crippen molar-refractivity contribution in [3.63, 3.8) is 0 Å². The number of hydrogen-bond donors (Lipinski definition) is 2. The predicted octanol–water partition coefficient (Wildman–Crippen LogP) is 3.35. The van der Waals surface area contributed by atoms with Gasteiger partial charge in [0.1, 0.15) is 5.52 Å². The van der Waals surface area contributed by atoms with Crippen LogP contribution in [0.3, 0.4) is 0 Å². The number of hydrogen-bond acceptors (Lipinski definition) is 4. The molecule has 0 fully saturated rings. The third-order valence-electron chi connectivity index (χ3n) is 2.35. The quantitative estimate of drug-likeness (QED) is 0.535. The molecule has 0 saturated heterocycles. The summed E-state index contributed by atoms with van der Waals surface area (Å²) in [5.41, 5.74) is 2.22. The molecule has 0 spiro atoms. The van der Waals surface area contributed by atoms with Gasteiger partial charge in [-0.1, -0.05) is 6.07 Å². The highest BCUT2D eigenvalue weighted by Crippen LogP contribution is 2.23. The standard InChI is InChI=1S/C11H7ClIN5/c12-11-17-9-8(14-5-15-9)10(18-11)16-7-3-1-2-6(13)4-7/h1-5H,(H2,14,15,16,17,18). The topological polar surface area (TPSA) is 66.5 Å². The summed E-state index contributed by atoms with van der Waals surface area (Å²) < 4.78 is 1.14. The maximum absolute atomic E-state index is 5.86. The van der Waals surface area contributed by atoms with Crippen molar-refractivity contribution in [3.05, 3.63) is 39.4 Å². The molecule has 0 atom stereocenters. The van der Waals surface area contributed by atoms with Gasteiger partial charge in [0.15, 0.2) is 11.5 Å². The molecule has 0 aliphatic rings. The van der Waals surface area contributed by atoms with E-state index in [2.05, 4.69) is 47.8 Å². The van der Waals surface area contributed by atoms with Crippen LogP contribution in [-0.4, -0.2) is 19.9 Å². The number of nitrogens with zero attached hydrogens (tertiary/aromatic N) is 3.